The first-order chi connectivity index (χ1) is 13.4. The number of carbonyl (C=O) groups is 2. The highest BCUT2D eigenvalue weighted by molar-refractivity contribution is 5.94. The average Bonchev–Trinajstić information content (AvgIpc) is 3.08. The second kappa shape index (κ2) is 9.92. The number of aryl methyl sites for hydroxylation is 1. The molecule has 0 unspecified atom stereocenters. The maximum atomic E-state index is 13.0. The van der Waals surface area contributed by atoms with Crippen LogP contribution in [0.4, 0.5) is 0 Å². The Bertz CT molecular complexity index is 821. The number of ether oxygens (including phenoxy) is 1. The van der Waals surface area contributed by atoms with Crippen LogP contribution in [0.5, 0.6) is 5.75 Å². The molecule has 0 aliphatic heterocycles. The molecule has 0 aliphatic carbocycles. The SMILES string of the molecule is CCCCN(CCCC)C(=O)c1cc(C)n(-c2cc(OC)ccc2C(=O)O)n1. The number of carboxylic acid groups (broad SMARTS) is 1. The van der Waals surface area contributed by atoms with Gasteiger partial charge in [0, 0.05) is 24.8 Å². The molecule has 1 heterocycles. The summed E-state index contributed by atoms with van der Waals surface area (Å²) >= 11 is 0. The lowest BCUT2D eigenvalue weighted by molar-refractivity contribution is 0.0695. The highest BCUT2D eigenvalue weighted by Gasteiger charge is 2.21. The number of methoxy groups -OCH3 is 1. The maximum Gasteiger partial charge on any atom is 0.337 e. The van der Waals surface area contributed by atoms with Crippen LogP contribution in [0.25, 0.3) is 5.69 Å². The molecule has 7 nitrogen and oxygen atoms in total. The fourth-order valence-electron chi connectivity index (χ4n) is 2.99. The van der Waals surface area contributed by atoms with Gasteiger partial charge in [0.1, 0.15) is 5.75 Å². The molecule has 0 fully saturated rings. The van der Waals surface area contributed by atoms with Gasteiger partial charge in [0.2, 0.25) is 0 Å². The van der Waals surface area contributed by atoms with Crippen LogP contribution in [-0.2, 0) is 0 Å². The molecule has 0 radical (unpaired) electrons. The average molecular weight is 387 g/mol. The first kappa shape index (κ1) is 21.5. The first-order valence-corrected chi connectivity index (χ1v) is 9.70. The molecule has 2 aromatic rings. The summed E-state index contributed by atoms with van der Waals surface area (Å²) in [5.74, 6) is -0.660. The van der Waals surface area contributed by atoms with E-state index in [0.29, 0.717) is 35.9 Å². The number of hydrogen-bond acceptors (Lipinski definition) is 4. The maximum absolute atomic E-state index is 13.0. The second-order valence-electron chi connectivity index (χ2n) is 6.77. The molecule has 0 bridgehead atoms. The monoisotopic (exact) mass is 387 g/mol. The van der Waals surface area contributed by atoms with Crippen molar-refractivity contribution < 1.29 is 19.4 Å². The minimum absolute atomic E-state index is 0.0971. The van der Waals surface area contributed by atoms with Crippen molar-refractivity contribution in [3.63, 3.8) is 0 Å². The summed E-state index contributed by atoms with van der Waals surface area (Å²) in [6.07, 6.45) is 3.90. The number of aromatic carboxylic acids is 1. The van der Waals surface area contributed by atoms with Crippen molar-refractivity contribution in [3.8, 4) is 11.4 Å². The van der Waals surface area contributed by atoms with E-state index in [1.54, 1.807) is 25.1 Å². The Hall–Kier alpha value is -2.83. The van der Waals surface area contributed by atoms with Gasteiger partial charge < -0.3 is 14.7 Å². The summed E-state index contributed by atoms with van der Waals surface area (Å²) in [6, 6.07) is 6.39. The Morgan fingerprint density at radius 1 is 1.14 bits per heavy atom. The van der Waals surface area contributed by atoms with Crippen molar-refractivity contribution in [2.24, 2.45) is 0 Å². The lowest BCUT2D eigenvalue weighted by Crippen LogP contribution is -2.33. The van der Waals surface area contributed by atoms with Crippen LogP contribution >= 0.6 is 0 Å². The number of aromatic nitrogens is 2. The van der Waals surface area contributed by atoms with E-state index in [-0.39, 0.29) is 11.5 Å². The fourth-order valence-corrected chi connectivity index (χ4v) is 2.99. The van der Waals surface area contributed by atoms with E-state index in [1.807, 2.05) is 4.90 Å². The fraction of sp³-hybridized carbons (Fsp3) is 0.476. The third-order valence-corrected chi connectivity index (χ3v) is 4.62. The zero-order valence-electron chi connectivity index (χ0n) is 17.1. The standard InChI is InChI=1S/C21H29N3O4/c1-5-7-11-23(12-8-6-2)20(25)18-13-15(3)24(22-18)19-14-16(28-4)9-10-17(19)21(26)27/h9-10,13-14H,5-8,11-12H2,1-4H3,(H,26,27). The van der Waals surface area contributed by atoms with Gasteiger partial charge in [-0.2, -0.15) is 5.10 Å². The number of unbranched alkanes of at least 4 members (excludes halogenated alkanes) is 2. The Balaban J connectivity index is 2.41. The van der Waals surface area contributed by atoms with Gasteiger partial charge in [0.05, 0.1) is 18.4 Å². The molecular formula is C21H29N3O4. The minimum Gasteiger partial charge on any atom is -0.497 e. The van der Waals surface area contributed by atoms with Gasteiger partial charge in [-0.15, -0.1) is 0 Å². The third-order valence-electron chi connectivity index (χ3n) is 4.62. The van der Waals surface area contributed by atoms with E-state index >= 15 is 0 Å². The van der Waals surface area contributed by atoms with Crippen LogP contribution in [0.3, 0.4) is 0 Å². The molecule has 0 saturated heterocycles. The predicted octanol–water partition coefficient (Wildman–Crippen LogP) is 3.93. The Morgan fingerprint density at radius 3 is 2.32 bits per heavy atom. The molecule has 1 aromatic heterocycles. The van der Waals surface area contributed by atoms with Gasteiger partial charge in [0.15, 0.2) is 5.69 Å². The van der Waals surface area contributed by atoms with Gasteiger partial charge >= 0.3 is 5.97 Å². The molecule has 0 aliphatic rings. The normalized spacial score (nSPS) is 10.7. The van der Waals surface area contributed by atoms with E-state index < -0.39 is 5.97 Å². The molecule has 0 saturated carbocycles. The lowest BCUT2D eigenvalue weighted by atomic mass is 10.1. The number of carboxylic acids is 1. The van der Waals surface area contributed by atoms with Gasteiger partial charge in [0.25, 0.3) is 5.91 Å². The van der Waals surface area contributed by atoms with Crippen LogP contribution in [-0.4, -0.2) is 51.9 Å². The molecule has 152 valence electrons. The van der Waals surface area contributed by atoms with Crippen molar-refractivity contribution >= 4 is 11.9 Å². The molecular weight excluding hydrogens is 358 g/mol. The largest absolute Gasteiger partial charge is 0.497 e. The molecule has 1 aromatic carbocycles. The molecule has 0 atom stereocenters. The number of hydrogen-bond donors (Lipinski definition) is 1. The quantitative estimate of drug-likeness (QED) is 0.668. The molecule has 1 amide bonds. The summed E-state index contributed by atoms with van der Waals surface area (Å²) in [6.45, 7) is 7.38. The topological polar surface area (TPSA) is 84.7 Å². The highest BCUT2D eigenvalue weighted by Crippen LogP contribution is 2.23. The number of nitrogens with zero attached hydrogens (tertiary/aromatic N) is 3. The van der Waals surface area contributed by atoms with Crippen LogP contribution in [0.1, 0.15) is 66.1 Å². The molecule has 1 N–H and O–H groups in total. The smallest absolute Gasteiger partial charge is 0.337 e. The van der Waals surface area contributed by atoms with Crippen LogP contribution < -0.4 is 4.74 Å². The molecule has 7 heteroatoms. The zero-order chi connectivity index (χ0) is 20.7. The first-order valence-electron chi connectivity index (χ1n) is 9.70. The Morgan fingerprint density at radius 2 is 1.79 bits per heavy atom. The zero-order valence-corrected chi connectivity index (χ0v) is 17.1. The van der Waals surface area contributed by atoms with Crippen molar-refractivity contribution in [1.29, 1.82) is 0 Å². The summed E-state index contributed by atoms with van der Waals surface area (Å²) in [4.78, 5) is 26.5. The third kappa shape index (κ3) is 4.91. The van der Waals surface area contributed by atoms with E-state index in [9.17, 15) is 14.7 Å². The van der Waals surface area contributed by atoms with E-state index in [4.69, 9.17) is 4.74 Å². The van der Waals surface area contributed by atoms with E-state index in [0.717, 1.165) is 25.7 Å². The van der Waals surface area contributed by atoms with Gasteiger partial charge in [-0.1, -0.05) is 26.7 Å². The summed E-state index contributed by atoms with van der Waals surface area (Å²) in [5.41, 5.74) is 1.48. The number of amides is 1. The van der Waals surface area contributed by atoms with Gasteiger partial charge in [-0.3, -0.25) is 4.79 Å². The number of rotatable bonds is 10. The van der Waals surface area contributed by atoms with E-state index in [2.05, 4.69) is 18.9 Å². The number of benzene rings is 1. The molecule has 0 spiro atoms. The van der Waals surface area contributed by atoms with E-state index in [1.165, 1.54) is 17.9 Å². The predicted molar refractivity (Wildman–Crippen MR) is 108 cm³/mol. The van der Waals surface area contributed by atoms with Crippen LogP contribution in [0.2, 0.25) is 0 Å². The van der Waals surface area contributed by atoms with Crippen LogP contribution in [0.15, 0.2) is 24.3 Å². The summed E-state index contributed by atoms with van der Waals surface area (Å²) < 4.78 is 6.72. The molecule has 28 heavy (non-hydrogen) atoms. The number of carbonyl (C=O) groups excluding carboxylic acids is 1. The van der Waals surface area contributed by atoms with Crippen molar-refractivity contribution in [1.82, 2.24) is 14.7 Å². The molecule has 2 rings (SSSR count). The van der Waals surface area contributed by atoms with Crippen molar-refractivity contribution in [2.45, 2.75) is 46.5 Å². The lowest BCUT2D eigenvalue weighted by Gasteiger charge is -2.21. The van der Waals surface area contributed by atoms with Gasteiger partial charge in [-0.25, -0.2) is 9.48 Å². The van der Waals surface area contributed by atoms with Crippen LogP contribution in [0, 0.1) is 6.92 Å². The Labute approximate surface area is 165 Å². The summed E-state index contributed by atoms with van der Waals surface area (Å²) in [7, 11) is 1.52. The highest BCUT2D eigenvalue weighted by atomic mass is 16.5. The van der Waals surface area contributed by atoms with Crippen molar-refractivity contribution in [2.75, 3.05) is 20.2 Å². The second-order valence-corrected chi connectivity index (χ2v) is 6.77. The van der Waals surface area contributed by atoms with Gasteiger partial charge in [-0.05, 0) is 38.0 Å². The summed E-state index contributed by atoms with van der Waals surface area (Å²) in [5, 5.41) is 14.0. The van der Waals surface area contributed by atoms with Crippen molar-refractivity contribution in [3.05, 3.63) is 41.2 Å². The minimum atomic E-state index is -1.06. The Kier molecular flexibility index (Phi) is 7.61.